The smallest absolute Gasteiger partial charge is 0.353 e. The van der Waals surface area contributed by atoms with Crippen molar-refractivity contribution in [1.82, 2.24) is 5.32 Å². The standard InChI is InChI=1S/C12H14F3N3O2S/c1-3-7(2)16-11-17-9-5-4-8(12(13,14)15)6-10(9)21(19,20)18-11/h4-7H,3H2,1-2H3,(H2,16,17,18). The average molecular weight is 321 g/mol. The molecule has 1 unspecified atom stereocenters. The van der Waals surface area contributed by atoms with Crippen LogP contribution >= 0.6 is 0 Å². The van der Waals surface area contributed by atoms with Crippen molar-refractivity contribution in [1.29, 1.82) is 0 Å². The molecule has 1 aliphatic heterocycles. The highest BCUT2D eigenvalue weighted by molar-refractivity contribution is 7.90. The Balaban J connectivity index is 2.42. The van der Waals surface area contributed by atoms with Crippen molar-refractivity contribution < 1.29 is 21.6 Å². The summed E-state index contributed by atoms with van der Waals surface area (Å²) in [4.78, 5) is -0.480. The van der Waals surface area contributed by atoms with Crippen molar-refractivity contribution in [2.75, 3.05) is 5.32 Å². The highest BCUT2D eigenvalue weighted by Crippen LogP contribution is 2.35. The Morgan fingerprint density at radius 1 is 1.38 bits per heavy atom. The molecule has 0 spiro atoms. The number of halogens is 3. The fraction of sp³-hybridized carbons (Fsp3) is 0.417. The first-order valence-corrected chi connectivity index (χ1v) is 7.67. The Bertz CT molecular complexity index is 683. The van der Waals surface area contributed by atoms with E-state index in [0.717, 1.165) is 18.6 Å². The molecule has 0 fully saturated rings. The number of fused-ring (bicyclic) bond motifs is 1. The maximum Gasteiger partial charge on any atom is 0.416 e. The van der Waals surface area contributed by atoms with Crippen LogP contribution in [0.15, 0.2) is 27.5 Å². The van der Waals surface area contributed by atoms with E-state index < -0.39 is 26.7 Å². The normalized spacial score (nSPS) is 18.2. The lowest BCUT2D eigenvalue weighted by Gasteiger charge is -2.22. The van der Waals surface area contributed by atoms with Crippen molar-refractivity contribution in [3.63, 3.8) is 0 Å². The van der Waals surface area contributed by atoms with Crippen molar-refractivity contribution in [3.05, 3.63) is 23.8 Å². The van der Waals surface area contributed by atoms with Crippen LogP contribution in [0.25, 0.3) is 0 Å². The van der Waals surface area contributed by atoms with Gasteiger partial charge in [-0.1, -0.05) is 6.92 Å². The van der Waals surface area contributed by atoms with Crippen LogP contribution in [0.3, 0.4) is 0 Å². The minimum absolute atomic E-state index is 0.0107. The summed E-state index contributed by atoms with van der Waals surface area (Å²) in [7, 11) is -4.16. The third-order valence-electron chi connectivity index (χ3n) is 3.05. The highest BCUT2D eigenvalue weighted by atomic mass is 32.2. The molecule has 2 N–H and O–H groups in total. The van der Waals surface area contributed by atoms with Crippen LogP contribution in [0.5, 0.6) is 0 Å². The summed E-state index contributed by atoms with van der Waals surface area (Å²) in [6.45, 7) is 3.73. The molecule has 0 amide bonds. The molecule has 0 saturated heterocycles. The van der Waals surface area contributed by atoms with Crippen LogP contribution in [0.2, 0.25) is 0 Å². The number of sulfonamides is 1. The molecule has 0 radical (unpaired) electrons. The Morgan fingerprint density at radius 2 is 2.05 bits per heavy atom. The number of rotatable bonds is 2. The maximum absolute atomic E-state index is 12.6. The second-order valence-electron chi connectivity index (χ2n) is 4.70. The number of alkyl halides is 3. The summed E-state index contributed by atoms with van der Waals surface area (Å²) in [5, 5.41) is 5.54. The minimum Gasteiger partial charge on any atom is -0.353 e. The molecule has 0 bridgehead atoms. The number of anilines is 1. The molecular weight excluding hydrogens is 307 g/mol. The van der Waals surface area contributed by atoms with E-state index >= 15 is 0 Å². The molecule has 0 saturated carbocycles. The van der Waals surface area contributed by atoms with Crippen LogP contribution in [0, 0.1) is 0 Å². The molecule has 9 heteroatoms. The molecule has 1 atom stereocenters. The van der Waals surface area contributed by atoms with Gasteiger partial charge >= 0.3 is 6.18 Å². The molecule has 5 nitrogen and oxygen atoms in total. The fourth-order valence-electron chi connectivity index (χ4n) is 1.73. The van der Waals surface area contributed by atoms with Gasteiger partial charge in [0, 0.05) is 6.04 Å². The van der Waals surface area contributed by atoms with Gasteiger partial charge in [0.1, 0.15) is 4.90 Å². The van der Waals surface area contributed by atoms with Crippen molar-refractivity contribution >= 4 is 21.7 Å². The summed E-state index contributed by atoms with van der Waals surface area (Å²) in [5.41, 5.74) is -0.955. The monoisotopic (exact) mass is 321 g/mol. The van der Waals surface area contributed by atoms with Gasteiger partial charge in [-0.05, 0) is 31.5 Å². The lowest BCUT2D eigenvalue weighted by atomic mass is 10.2. The summed E-state index contributed by atoms with van der Waals surface area (Å²) in [6.07, 6.45) is -3.87. The minimum atomic E-state index is -4.61. The first-order valence-electron chi connectivity index (χ1n) is 6.23. The van der Waals surface area contributed by atoms with Crippen molar-refractivity contribution in [2.24, 2.45) is 4.40 Å². The number of hydrogen-bond donors (Lipinski definition) is 2. The predicted octanol–water partition coefficient (Wildman–Crippen LogP) is 2.56. The maximum atomic E-state index is 12.6. The number of nitrogens with one attached hydrogen (secondary N) is 2. The topological polar surface area (TPSA) is 70.6 Å². The van der Waals surface area contributed by atoms with Gasteiger partial charge < -0.3 is 10.6 Å². The lowest BCUT2D eigenvalue weighted by Crippen LogP contribution is -2.39. The van der Waals surface area contributed by atoms with Gasteiger partial charge in [0.15, 0.2) is 0 Å². The summed E-state index contributed by atoms with van der Waals surface area (Å²) < 4.78 is 65.4. The van der Waals surface area contributed by atoms with Crippen molar-refractivity contribution in [3.8, 4) is 0 Å². The second kappa shape index (κ2) is 5.21. The van der Waals surface area contributed by atoms with Crippen LogP contribution in [0.4, 0.5) is 18.9 Å². The highest BCUT2D eigenvalue weighted by Gasteiger charge is 2.34. The Morgan fingerprint density at radius 3 is 2.62 bits per heavy atom. The lowest BCUT2D eigenvalue weighted by molar-refractivity contribution is -0.137. The number of guanidine groups is 1. The Labute approximate surface area is 120 Å². The van der Waals surface area contributed by atoms with Crippen LogP contribution < -0.4 is 10.6 Å². The van der Waals surface area contributed by atoms with Crippen molar-refractivity contribution in [2.45, 2.75) is 37.4 Å². The quantitative estimate of drug-likeness (QED) is 0.878. The first kappa shape index (κ1) is 15.6. The van der Waals surface area contributed by atoms with E-state index in [9.17, 15) is 21.6 Å². The van der Waals surface area contributed by atoms with Gasteiger partial charge in [-0.25, -0.2) is 0 Å². The fourth-order valence-corrected chi connectivity index (χ4v) is 2.84. The molecule has 1 heterocycles. The molecular formula is C12H14F3N3O2S. The van der Waals surface area contributed by atoms with E-state index in [1.165, 1.54) is 0 Å². The van der Waals surface area contributed by atoms with Gasteiger partial charge in [0.25, 0.3) is 10.0 Å². The average Bonchev–Trinajstić information content (AvgIpc) is 2.36. The van der Waals surface area contributed by atoms with Gasteiger partial charge in [0.2, 0.25) is 5.96 Å². The first-order chi connectivity index (χ1) is 9.63. The molecule has 2 rings (SSSR count). The number of hydrogen-bond acceptors (Lipinski definition) is 4. The van der Waals surface area contributed by atoms with E-state index in [-0.39, 0.29) is 17.7 Å². The molecule has 1 aliphatic rings. The second-order valence-corrected chi connectivity index (χ2v) is 6.27. The van der Waals surface area contributed by atoms with E-state index in [1.807, 2.05) is 13.8 Å². The molecule has 1 aromatic rings. The molecule has 1 aromatic carbocycles. The third-order valence-corrected chi connectivity index (χ3v) is 4.36. The van der Waals surface area contributed by atoms with Gasteiger partial charge in [-0.15, -0.1) is 4.40 Å². The van der Waals surface area contributed by atoms with E-state index in [4.69, 9.17) is 0 Å². The zero-order valence-electron chi connectivity index (χ0n) is 11.3. The molecule has 0 aromatic heterocycles. The number of benzene rings is 1. The number of nitrogens with zero attached hydrogens (tertiary/aromatic N) is 1. The van der Waals surface area contributed by atoms with Gasteiger partial charge in [-0.2, -0.15) is 21.6 Å². The molecule has 21 heavy (non-hydrogen) atoms. The largest absolute Gasteiger partial charge is 0.416 e. The van der Waals surface area contributed by atoms with Crippen LogP contribution in [-0.4, -0.2) is 20.4 Å². The zero-order chi connectivity index (χ0) is 15.8. The van der Waals surface area contributed by atoms with Gasteiger partial charge in [0.05, 0.1) is 11.3 Å². The van der Waals surface area contributed by atoms with E-state index in [1.54, 1.807) is 0 Å². The summed E-state index contributed by atoms with van der Waals surface area (Å²) >= 11 is 0. The summed E-state index contributed by atoms with van der Waals surface area (Å²) in [5.74, 6) is 0.0107. The molecule has 0 aliphatic carbocycles. The predicted molar refractivity (Wildman–Crippen MR) is 72.6 cm³/mol. The Hall–Kier alpha value is -1.77. The third kappa shape index (κ3) is 3.29. The zero-order valence-corrected chi connectivity index (χ0v) is 12.1. The SMILES string of the molecule is CCC(C)NC1=NS(=O)(=O)c2cc(C(F)(F)F)ccc2N1. The molecule has 116 valence electrons. The summed E-state index contributed by atoms with van der Waals surface area (Å²) in [6, 6.07) is 2.47. The van der Waals surface area contributed by atoms with Crippen LogP contribution in [-0.2, 0) is 16.2 Å². The van der Waals surface area contributed by atoms with E-state index in [2.05, 4.69) is 15.0 Å². The Kier molecular flexibility index (Phi) is 3.87. The van der Waals surface area contributed by atoms with Crippen LogP contribution in [0.1, 0.15) is 25.8 Å². The van der Waals surface area contributed by atoms with Gasteiger partial charge in [-0.3, -0.25) is 0 Å². The van der Waals surface area contributed by atoms with E-state index in [0.29, 0.717) is 6.07 Å².